The Hall–Kier alpha value is -0.970. The maximum atomic E-state index is 12.9. The number of benzene rings is 1. The van der Waals surface area contributed by atoms with Crippen LogP contribution in [0.4, 0.5) is 4.39 Å². The van der Waals surface area contributed by atoms with Gasteiger partial charge in [0.2, 0.25) is 0 Å². The number of piperazine rings is 1. The van der Waals surface area contributed by atoms with Gasteiger partial charge in [-0.05, 0) is 38.2 Å². The summed E-state index contributed by atoms with van der Waals surface area (Å²) in [5, 5.41) is 0. The van der Waals surface area contributed by atoms with Gasteiger partial charge in [-0.15, -0.1) is 0 Å². The van der Waals surface area contributed by atoms with Crippen molar-refractivity contribution in [3.8, 4) is 0 Å². The van der Waals surface area contributed by atoms with Crippen LogP contribution in [0.1, 0.15) is 18.0 Å². The maximum absolute atomic E-state index is 12.9. The smallest absolute Gasteiger partial charge is 0.123 e. The van der Waals surface area contributed by atoms with Gasteiger partial charge in [-0.2, -0.15) is 0 Å². The molecule has 0 spiro atoms. The Labute approximate surface area is 108 Å². The molecule has 1 saturated heterocycles. The Morgan fingerprint density at radius 3 is 2.61 bits per heavy atom. The third-order valence-corrected chi connectivity index (χ3v) is 3.80. The van der Waals surface area contributed by atoms with Crippen molar-refractivity contribution in [1.29, 1.82) is 0 Å². The fourth-order valence-corrected chi connectivity index (χ4v) is 2.50. The summed E-state index contributed by atoms with van der Waals surface area (Å²) in [6, 6.07) is 6.98. The average molecular weight is 251 g/mol. The van der Waals surface area contributed by atoms with Crippen molar-refractivity contribution in [2.24, 2.45) is 5.73 Å². The van der Waals surface area contributed by atoms with E-state index in [9.17, 15) is 4.39 Å². The SMILES string of the molecule is CN1CCN(C)C(CC(N)c2ccc(F)cc2)C1. The summed E-state index contributed by atoms with van der Waals surface area (Å²) in [5.41, 5.74) is 7.23. The van der Waals surface area contributed by atoms with Gasteiger partial charge in [0.1, 0.15) is 5.82 Å². The molecule has 0 saturated carbocycles. The number of nitrogens with two attached hydrogens (primary N) is 1. The van der Waals surface area contributed by atoms with E-state index < -0.39 is 0 Å². The summed E-state index contributed by atoms with van der Waals surface area (Å²) in [6.07, 6.45) is 0.909. The predicted octanol–water partition coefficient (Wildman–Crippen LogP) is 1.46. The monoisotopic (exact) mass is 251 g/mol. The van der Waals surface area contributed by atoms with Gasteiger partial charge in [0, 0.05) is 31.7 Å². The molecular weight excluding hydrogens is 229 g/mol. The van der Waals surface area contributed by atoms with Crippen LogP contribution < -0.4 is 5.73 Å². The van der Waals surface area contributed by atoms with E-state index in [1.165, 1.54) is 12.1 Å². The minimum Gasteiger partial charge on any atom is -0.324 e. The normalized spacial score (nSPS) is 24.1. The zero-order valence-electron chi connectivity index (χ0n) is 11.1. The first-order valence-electron chi connectivity index (χ1n) is 6.46. The fraction of sp³-hybridized carbons (Fsp3) is 0.571. The highest BCUT2D eigenvalue weighted by molar-refractivity contribution is 5.19. The molecule has 1 fully saturated rings. The molecular formula is C14H22FN3. The van der Waals surface area contributed by atoms with Crippen LogP contribution in [0.2, 0.25) is 0 Å². The van der Waals surface area contributed by atoms with E-state index in [4.69, 9.17) is 5.73 Å². The first-order valence-corrected chi connectivity index (χ1v) is 6.46. The van der Waals surface area contributed by atoms with Crippen LogP contribution in [0.15, 0.2) is 24.3 Å². The van der Waals surface area contributed by atoms with Crippen molar-refractivity contribution in [3.05, 3.63) is 35.6 Å². The van der Waals surface area contributed by atoms with E-state index in [0.29, 0.717) is 6.04 Å². The summed E-state index contributed by atoms with van der Waals surface area (Å²) in [4.78, 5) is 4.70. The number of hydrogen-bond acceptors (Lipinski definition) is 3. The fourth-order valence-electron chi connectivity index (χ4n) is 2.50. The molecule has 2 atom stereocenters. The summed E-state index contributed by atoms with van der Waals surface area (Å²) in [6.45, 7) is 3.24. The van der Waals surface area contributed by atoms with Gasteiger partial charge in [0.15, 0.2) is 0 Å². The van der Waals surface area contributed by atoms with Crippen LogP contribution in [-0.2, 0) is 0 Å². The van der Waals surface area contributed by atoms with Gasteiger partial charge in [-0.3, -0.25) is 0 Å². The predicted molar refractivity (Wildman–Crippen MR) is 71.9 cm³/mol. The molecule has 0 aliphatic carbocycles. The first kappa shape index (κ1) is 13.5. The molecule has 1 aromatic carbocycles. The highest BCUT2D eigenvalue weighted by Gasteiger charge is 2.24. The molecule has 4 heteroatoms. The van der Waals surface area contributed by atoms with E-state index in [2.05, 4.69) is 23.9 Å². The lowest BCUT2D eigenvalue weighted by Crippen LogP contribution is -2.50. The first-order chi connectivity index (χ1) is 8.56. The zero-order valence-corrected chi connectivity index (χ0v) is 11.1. The molecule has 0 radical (unpaired) electrons. The van der Waals surface area contributed by atoms with E-state index in [1.54, 1.807) is 12.1 Å². The lowest BCUT2D eigenvalue weighted by molar-refractivity contribution is 0.104. The lowest BCUT2D eigenvalue weighted by atomic mass is 9.98. The molecule has 3 nitrogen and oxygen atoms in total. The standard InChI is InChI=1S/C14H22FN3/c1-17-7-8-18(2)13(10-17)9-14(16)11-3-5-12(15)6-4-11/h3-6,13-14H,7-10,16H2,1-2H3. The largest absolute Gasteiger partial charge is 0.324 e. The Morgan fingerprint density at radius 2 is 1.94 bits per heavy atom. The van der Waals surface area contributed by atoms with E-state index in [1.807, 2.05) is 0 Å². The molecule has 18 heavy (non-hydrogen) atoms. The van der Waals surface area contributed by atoms with Gasteiger partial charge in [0.25, 0.3) is 0 Å². The summed E-state index contributed by atoms with van der Waals surface area (Å²) >= 11 is 0. The van der Waals surface area contributed by atoms with Crippen LogP contribution in [0.5, 0.6) is 0 Å². The van der Waals surface area contributed by atoms with Crippen LogP contribution in [0, 0.1) is 5.82 Å². The second-order valence-corrected chi connectivity index (χ2v) is 5.29. The van der Waals surface area contributed by atoms with Crippen molar-refractivity contribution in [3.63, 3.8) is 0 Å². The topological polar surface area (TPSA) is 32.5 Å². The number of hydrogen-bond donors (Lipinski definition) is 1. The highest BCUT2D eigenvalue weighted by Crippen LogP contribution is 2.20. The molecule has 0 bridgehead atoms. The van der Waals surface area contributed by atoms with E-state index in [0.717, 1.165) is 31.6 Å². The average Bonchev–Trinajstić information content (AvgIpc) is 2.34. The van der Waals surface area contributed by atoms with Crippen LogP contribution in [-0.4, -0.2) is 49.6 Å². The van der Waals surface area contributed by atoms with Crippen LogP contribution >= 0.6 is 0 Å². The summed E-state index contributed by atoms with van der Waals surface area (Å²) in [5.74, 6) is -0.208. The lowest BCUT2D eigenvalue weighted by Gasteiger charge is -2.38. The molecule has 2 unspecified atom stereocenters. The van der Waals surface area contributed by atoms with Crippen molar-refractivity contribution in [2.45, 2.75) is 18.5 Å². The van der Waals surface area contributed by atoms with Gasteiger partial charge >= 0.3 is 0 Å². The number of halogens is 1. The van der Waals surface area contributed by atoms with Crippen molar-refractivity contribution in [2.75, 3.05) is 33.7 Å². The summed E-state index contributed by atoms with van der Waals surface area (Å²) < 4.78 is 12.9. The zero-order chi connectivity index (χ0) is 13.1. The molecule has 0 amide bonds. The third-order valence-electron chi connectivity index (χ3n) is 3.80. The van der Waals surface area contributed by atoms with Crippen LogP contribution in [0.3, 0.4) is 0 Å². The van der Waals surface area contributed by atoms with Gasteiger partial charge < -0.3 is 15.5 Å². The third kappa shape index (κ3) is 3.28. The van der Waals surface area contributed by atoms with Gasteiger partial charge in [-0.25, -0.2) is 4.39 Å². The van der Waals surface area contributed by atoms with Crippen molar-refractivity contribution < 1.29 is 4.39 Å². The summed E-state index contributed by atoms with van der Waals surface area (Å²) in [7, 11) is 4.29. The number of nitrogens with zero attached hydrogens (tertiary/aromatic N) is 2. The van der Waals surface area contributed by atoms with E-state index in [-0.39, 0.29) is 11.9 Å². The molecule has 0 aromatic heterocycles. The van der Waals surface area contributed by atoms with Crippen molar-refractivity contribution >= 4 is 0 Å². The number of likely N-dealkylation sites (N-methyl/N-ethyl adjacent to an activating group) is 2. The molecule has 1 aliphatic heterocycles. The molecule has 1 aliphatic rings. The van der Waals surface area contributed by atoms with Crippen LogP contribution in [0.25, 0.3) is 0 Å². The maximum Gasteiger partial charge on any atom is 0.123 e. The molecule has 100 valence electrons. The quantitative estimate of drug-likeness (QED) is 0.883. The number of rotatable bonds is 3. The molecule has 2 rings (SSSR count). The minimum absolute atomic E-state index is 0.0236. The Morgan fingerprint density at radius 1 is 1.28 bits per heavy atom. The Balaban J connectivity index is 1.97. The van der Waals surface area contributed by atoms with Gasteiger partial charge in [0.05, 0.1) is 0 Å². The second-order valence-electron chi connectivity index (χ2n) is 5.29. The van der Waals surface area contributed by atoms with E-state index >= 15 is 0 Å². The highest BCUT2D eigenvalue weighted by atomic mass is 19.1. The minimum atomic E-state index is -0.208. The molecule has 1 heterocycles. The Bertz CT molecular complexity index is 379. The second kappa shape index (κ2) is 5.78. The molecule has 2 N–H and O–H groups in total. The van der Waals surface area contributed by atoms with Crippen molar-refractivity contribution in [1.82, 2.24) is 9.80 Å². The van der Waals surface area contributed by atoms with Gasteiger partial charge in [-0.1, -0.05) is 12.1 Å². The Kier molecular flexibility index (Phi) is 4.32. The molecule has 1 aromatic rings.